The molecule has 1 amide bonds. The molecule has 0 saturated carbocycles. The highest BCUT2D eigenvalue weighted by Gasteiger charge is 2.03. The molecule has 4 nitrogen and oxygen atoms in total. The van der Waals surface area contributed by atoms with Crippen molar-refractivity contribution in [3.63, 3.8) is 0 Å². The topological polar surface area (TPSA) is 54.6 Å². The third-order valence-corrected chi connectivity index (χ3v) is 2.18. The van der Waals surface area contributed by atoms with Gasteiger partial charge in [0, 0.05) is 5.56 Å². The maximum absolute atomic E-state index is 11.7. The van der Waals surface area contributed by atoms with Crippen molar-refractivity contribution in [2.45, 2.75) is 6.92 Å². The van der Waals surface area contributed by atoms with Gasteiger partial charge >= 0.3 is 0 Å². The average molecular weight is 228 g/mol. The Morgan fingerprint density at radius 1 is 1.35 bits per heavy atom. The normalized spacial score (nSPS) is 10.6. The molecule has 0 aliphatic rings. The predicted molar refractivity (Wildman–Crippen MR) is 64.9 cm³/mol. The molecule has 0 aliphatic carbocycles. The van der Waals surface area contributed by atoms with Gasteiger partial charge in [-0.05, 0) is 31.2 Å². The third kappa shape index (κ3) is 3.04. The fourth-order valence-electron chi connectivity index (χ4n) is 1.37. The highest BCUT2D eigenvalue weighted by molar-refractivity contribution is 5.94. The summed E-state index contributed by atoms with van der Waals surface area (Å²) in [4.78, 5) is 11.7. The second kappa shape index (κ2) is 5.12. The van der Waals surface area contributed by atoms with Crippen molar-refractivity contribution in [1.29, 1.82) is 0 Å². The Balaban J connectivity index is 1.98. The first-order valence-corrected chi connectivity index (χ1v) is 5.19. The lowest BCUT2D eigenvalue weighted by atomic mass is 10.1. The Bertz CT molecular complexity index is 530. The van der Waals surface area contributed by atoms with Crippen molar-refractivity contribution in [3.8, 4) is 0 Å². The van der Waals surface area contributed by atoms with Gasteiger partial charge in [-0.25, -0.2) is 5.43 Å². The number of carbonyl (C=O) groups excluding carboxylic acids is 1. The molecular formula is C13H12N2O2. The number of hydrogen-bond acceptors (Lipinski definition) is 3. The van der Waals surface area contributed by atoms with Crippen LogP contribution in [0.1, 0.15) is 21.7 Å². The number of hydrogen-bond donors (Lipinski definition) is 1. The van der Waals surface area contributed by atoms with Crippen LogP contribution in [0.2, 0.25) is 0 Å². The largest absolute Gasteiger partial charge is 0.463 e. The zero-order chi connectivity index (χ0) is 12.1. The monoisotopic (exact) mass is 228 g/mol. The molecule has 2 aromatic rings. The lowest BCUT2D eigenvalue weighted by Crippen LogP contribution is -2.17. The summed E-state index contributed by atoms with van der Waals surface area (Å²) in [5.41, 5.74) is 4.05. The highest BCUT2D eigenvalue weighted by Crippen LogP contribution is 2.03. The molecule has 1 N–H and O–H groups in total. The molecular weight excluding hydrogens is 216 g/mol. The lowest BCUT2D eigenvalue weighted by molar-refractivity contribution is 0.0955. The van der Waals surface area contributed by atoms with Crippen molar-refractivity contribution in [2.24, 2.45) is 5.10 Å². The van der Waals surface area contributed by atoms with Crippen LogP contribution in [0.25, 0.3) is 0 Å². The van der Waals surface area contributed by atoms with Crippen LogP contribution >= 0.6 is 0 Å². The molecule has 4 heteroatoms. The molecule has 0 spiro atoms. The maximum atomic E-state index is 11.7. The number of hydrazone groups is 1. The fourth-order valence-corrected chi connectivity index (χ4v) is 1.37. The number of carbonyl (C=O) groups is 1. The van der Waals surface area contributed by atoms with Gasteiger partial charge in [0.25, 0.3) is 5.91 Å². The van der Waals surface area contributed by atoms with Gasteiger partial charge in [0.05, 0.1) is 12.5 Å². The van der Waals surface area contributed by atoms with Gasteiger partial charge in [0.2, 0.25) is 0 Å². The van der Waals surface area contributed by atoms with E-state index in [1.54, 1.807) is 30.5 Å². The molecule has 1 aromatic carbocycles. The van der Waals surface area contributed by atoms with Gasteiger partial charge in [-0.2, -0.15) is 5.10 Å². The van der Waals surface area contributed by atoms with Crippen LogP contribution in [-0.2, 0) is 0 Å². The van der Waals surface area contributed by atoms with E-state index in [1.165, 1.54) is 6.21 Å². The van der Waals surface area contributed by atoms with E-state index in [0.717, 1.165) is 5.56 Å². The number of benzene rings is 1. The Kier molecular flexibility index (Phi) is 3.35. The quantitative estimate of drug-likeness (QED) is 0.647. The average Bonchev–Trinajstić information content (AvgIpc) is 2.82. The van der Waals surface area contributed by atoms with Gasteiger partial charge in [-0.1, -0.05) is 17.7 Å². The number of rotatable bonds is 3. The van der Waals surface area contributed by atoms with Gasteiger partial charge in [0.15, 0.2) is 0 Å². The highest BCUT2D eigenvalue weighted by atomic mass is 16.3. The van der Waals surface area contributed by atoms with E-state index in [4.69, 9.17) is 4.42 Å². The van der Waals surface area contributed by atoms with Crippen molar-refractivity contribution in [2.75, 3.05) is 0 Å². The summed E-state index contributed by atoms with van der Waals surface area (Å²) in [5.74, 6) is 0.353. The van der Waals surface area contributed by atoms with E-state index in [-0.39, 0.29) is 5.91 Å². The van der Waals surface area contributed by atoms with Crippen LogP contribution in [0.5, 0.6) is 0 Å². The van der Waals surface area contributed by atoms with Gasteiger partial charge < -0.3 is 4.42 Å². The van der Waals surface area contributed by atoms with Crippen LogP contribution in [0.15, 0.2) is 52.2 Å². The summed E-state index contributed by atoms with van der Waals surface area (Å²) in [6.07, 6.45) is 3.00. The summed E-state index contributed by atoms with van der Waals surface area (Å²) in [6, 6.07) is 10.8. The first-order chi connectivity index (χ1) is 8.25. The zero-order valence-electron chi connectivity index (χ0n) is 9.38. The van der Waals surface area contributed by atoms with Crippen LogP contribution in [0.3, 0.4) is 0 Å². The second-order valence-corrected chi connectivity index (χ2v) is 3.58. The number of amides is 1. The molecule has 0 aliphatic heterocycles. The van der Waals surface area contributed by atoms with E-state index in [2.05, 4.69) is 10.5 Å². The van der Waals surface area contributed by atoms with E-state index in [1.807, 2.05) is 19.1 Å². The fraction of sp³-hybridized carbons (Fsp3) is 0.0769. The van der Waals surface area contributed by atoms with E-state index >= 15 is 0 Å². The van der Waals surface area contributed by atoms with Gasteiger partial charge in [-0.15, -0.1) is 0 Å². The number of nitrogens with zero attached hydrogens (tertiary/aromatic N) is 1. The van der Waals surface area contributed by atoms with Crippen LogP contribution in [0, 0.1) is 6.92 Å². The van der Waals surface area contributed by atoms with Crippen molar-refractivity contribution in [1.82, 2.24) is 5.43 Å². The number of aryl methyl sites for hydroxylation is 1. The molecule has 0 fully saturated rings. The smallest absolute Gasteiger partial charge is 0.271 e. The number of nitrogens with one attached hydrogen (secondary N) is 1. The molecule has 0 radical (unpaired) electrons. The zero-order valence-corrected chi connectivity index (χ0v) is 9.38. The summed E-state index contributed by atoms with van der Waals surface area (Å²) < 4.78 is 5.04. The molecule has 0 saturated heterocycles. The number of furan rings is 1. The van der Waals surface area contributed by atoms with Crippen molar-refractivity contribution < 1.29 is 9.21 Å². The summed E-state index contributed by atoms with van der Waals surface area (Å²) in [6.45, 7) is 1.93. The summed E-state index contributed by atoms with van der Waals surface area (Å²) in [5, 5.41) is 3.80. The van der Waals surface area contributed by atoms with Crippen LogP contribution < -0.4 is 5.43 Å². The van der Waals surface area contributed by atoms with Crippen LogP contribution in [0.4, 0.5) is 0 Å². The Hall–Kier alpha value is -2.36. The van der Waals surface area contributed by atoms with E-state index in [0.29, 0.717) is 11.3 Å². The Morgan fingerprint density at radius 2 is 2.24 bits per heavy atom. The van der Waals surface area contributed by atoms with E-state index in [9.17, 15) is 4.79 Å². The minimum Gasteiger partial charge on any atom is -0.463 e. The van der Waals surface area contributed by atoms with Crippen LogP contribution in [-0.4, -0.2) is 12.1 Å². The predicted octanol–water partition coefficient (Wildman–Crippen LogP) is 2.35. The molecule has 2 rings (SSSR count). The SMILES string of the molecule is Cc1cccc(C(=O)N/N=C/c2ccco2)c1. The molecule has 17 heavy (non-hydrogen) atoms. The van der Waals surface area contributed by atoms with Gasteiger partial charge in [-0.3, -0.25) is 4.79 Å². The Morgan fingerprint density at radius 3 is 2.94 bits per heavy atom. The summed E-state index contributed by atoms with van der Waals surface area (Å²) >= 11 is 0. The first-order valence-electron chi connectivity index (χ1n) is 5.19. The molecule has 1 heterocycles. The van der Waals surface area contributed by atoms with Gasteiger partial charge in [0.1, 0.15) is 5.76 Å². The molecule has 86 valence electrons. The van der Waals surface area contributed by atoms with Crippen molar-refractivity contribution in [3.05, 3.63) is 59.5 Å². The van der Waals surface area contributed by atoms with E-state index < -0.39 is 0 Å². The standard InChI is InChI=1S/C13H12N2O2/c1-10-4-2-5-11(8-10)13(16)15-14-9-12-6-3-7-17-12/h2-9H,1H3,(H,15,16)/b14-9+. The molecule has 0 unspecified atom stereocenters. The molecule has 1 aromatic heterocycles. The maximum Gasteiger partial charge on any atom is 0.271 e. The molecule has 0 bridgehead atoms. The molecule has 0 atom stereocenters. The third-order valence-electron chi connectivity index (χ3n) is 2.18. The minimum absolute atomic E-state index is 0.239. The summed E-state index contributed by atoms with van der Waals surface area (Å²) in [7, 11) is 0. The minimum atomic E-state index is -0.239. The Labute approximate surface area is 99.0 Å². The first kappa shape index (κ1) is 11.1. The van der Waals surface area contributed by atoms with Crippen molar-refractivity contribution >= 4 is 12.1 Å². The lowest BCUT2D eigenvalue weighted by Gasteiger charge is -2.00. The second-order valence-electron chi connectivity index (χ2n) is 3.58.